The van der Waals surface area contributed by atoms with Crippen molar-refractivity contribution >= 4 is 40.5 Å². The Morgan fingerprint density at radius 3 is 2.48 bits per heavy atom. The number of benzene rings is 1. The van der Waals surface area contributed by atoms with Crippen molar-refractivity contribution in [3.63, 3.8) is 0 Å². The zero-order valence-electron chi connectivity index (χ0n) is 12.5. The Morgan fingerprint density at radius 2 is 2.00 bits per heavy atom. The van der Waals surface area contributed by atoms with Crippen molar-refractivity contribution in [3.8, 4) is 0 Å². The summed E-state index contributed by atoms with van der Waals surface area (Å²) >= 11 is 12.1. The number of nitrogens with zero attached hydrogens (tertiary/aromatic N) is 1. The van der Waals surface area contributed by atoms with Crippen molar-refractivity contribution in [1.82, 2.24) is 4.90 Å². The molecule has 0 bridgehead atoms. The van der Waals surface area contributed by atoms with Gasteiger partial charge < -0.3 is 15.8 Å². The molecule has 0 radical (unpaired) electrons. The molecule has 21 heavy (non-hydrogen) atoms. The molecule has 0 saturated heterocycles. The lowest BCUT2D eigenvalue weighted by molar-refractivity contribution is -0.120. The third-order valence-corrected chi connectivity index (χ3v) is 3.82. The molecule has 5 nitrogen and oxygen atoms in total. The largest absolute Gasteiger partial charge is 0.399 e. The lowest BCUT2D eigenvalue weighted by Crippen LogP contribution is -2.43. The second-order valence-corrected chi connectivity index (χ2v) is 5.46. The summed E-state index contributed by atoms with van der Waals surface area (Å²) in [7, 11) is 1.63. The predicted octanol–water partition coefficient (Wildman–Crippen LogP) is 2.87. The van der Waals surface area contributed by atoms with E-state index in [1.54, 1.807) is 19.2 Å². The van der Waals surface area contributed by atoms with E-state index < -0.39 is 0 Å². The minimum Gasteiger partial charge on any atom is -0.399 e. The smallest absolute Gasteiger partial charge is 0.241 e. The molecule has 0 aliphatic carbocycles. The normalized spacial score (nSPS) is 12.5. The van der Waals surface area contributed by atoms with E-state index in [-0.39, 0.29) is 11.9 Å². The minimum atomic E-state index is -0.324. The summed E-state index contributed by atoms with van der Waals surface area (Å²) in [6, 6.07) is 2.78. The van der Waals surface area contributed by atoms with Gasteiger partial charge in [0.1, 0.15) is 0 Å². The molecule has 1 aromatic rings. The molecule has 118 valence electrons. The fraction of sp³-hybridized carbons (Fsp3) is 0.500. The number of rotatable bonds is 7. The molecule has 1 atom stereocenters. The summed E-state index contributed by atoms with van der Waals surface area (Å²) in [5.74, 6) is -0.179. The SMILES string of the molecule is CCN(CCOC)C(C)C(=O)Nc1c(Cl)cc(N)cc1Cl. The third-order valence-electron chi connectivity index (χ3n) is 3.23. The highest BCUT2D eigenvalue weighted by Gasteiger charge is 2.21. The van der Waals surface area contributed by atoms with Gasteiger partial charge in [-0.05, 0) is 25.6 Å². The number of amides is 1. The summed E-state index contributed by atoms with van der Waals surface area (Å²) in [6.45, 7) is 5.79. The van der Waals surface area contributed by atoms with Crippen LogP contribution in [0.25, 0.3) is 0 Å². The number of nitrogens with one attached hydrogen (secondary N) is 1. The molecule has 0 aliphatic rings. The van der Waals surface area contributed by atoms with Crippen molar-refractivity contribution in [3.05, 3.63) is 22.2 Å². The fourth-order valence-electron chi connectivity index (χ4n) is 1.94. The number of anilines is 2. The van der Waals surface area contributed by atoms with Crippen molar-refractivity contribution < 1.29 is 9.53 Å². The highest BCUT2D eigenvalue weighted by atomic mass is 35.5. The number of ether oxygens (including phenoxy) is 1. The van der Waals surface area contributed by atoms with Crippen LogP contribution in [-0.2, 0) is 9.53 Å². The summed E-state index contributed by atoms with van der Waals surface area (Å²) < 4.78 is 5.04. The van der Waals surface area contributed by atoms with Gasteiger partial charge in [0.15, 0.2) is 0 Å². The number of halogens is 2. The Bertz CT molecular complexity index is 474. The molecule has 0 heterocycles. The number of carbonyl (C=O) groups is 1. The number of nitrogens with two attached hydrogens (primary N) is 1. The monoisotopic (exact) mass is 333 g/mol. The van der Waals surface area contributed by atoms with Crippen LogP contribution >= 0.6 is 23.2 Å². The quantitative estimate of drug-likeness (QED) is 0.753. The zero-order valence-corrected chi connectivity index (χ0v) is 14.0. The van der Waals surface area contributed by atoms with E-state index in [4.69, 9.17) is 33.7 Å². The van der Waals surface area contributed by atoms with Crippen LogP contribution in [0, 0.1) is 0 Å². The van der Waals surface area contributed by atoms with Crippen LogP contribution in [0.2, 0.25) is 10.0 Å². The second kappa shape index (κ2) is 8.44. The minimum absolute atomic E-state index is 0.179. The van der Waals surface area contributed by atoms with Gasteiger partial charge in [0.2, 0.25) is 5.91 Å². The molecule has 0 aliphatic heterocycles. The first-order chi connectivity index (χ1) is 9.90. The van der Waals surface area contributed by atoms with E-state index in [0.29, 0.717) is 34.6 Å². The summed E-state index contributed by atoms with van der Waals surface area (Å²) in [4.78, 5) is 14.3. The Balaban J connectivity index is 2.80. The number of likely N-dealkylation sites (N-methyl/N-ethyl adjacent to an activating group) is 1. The highest BCUT2D eigenvalue weighted by Crippen LogP contribution is 2.32. The topological polar surface area (TPSA) is 67.6 Å². The Kier molecular flexibility index (Phi) is 7.25. The number of methoxy groups -OCH3 is 1. The van der Waals surface area contributed by atoms with Crippen LogP contribution in [0.15, 0.2) is 12.1 Å². The van der Waals surface area contributed by atoms with E-state index in [1.807, 2.05) is 18.7 Å². The van der Waals surface area contributed by atoms with Gasteiger partial charge in [0.25, 0.3) is 0 Å². The van der Waals surface area contributed by atoms with E-state index in [0.717, 1.165) is 6.54 Å². The van der Waals surface area contributed by atoms with E-state index in [1.165, 1.54) is 0 Å². The molecular formula is C14H21Cl2N3O2. The van der Waals surface area contributed by atoms with E-state index in [2.05, 4.69) is 5.32 Å². The Hall–Kier alpha value is -1.01. The molecule has 3 N–H and O–H groups in total. The van der Waals surface area contributed by atoms with Crippen molar-refractivity contribution in [1.29, 1.82) is 0 Å². The van der Waals surface area contributed by atoms with Crippen LogP contribution in [0.4, 0.5) is 11.4 Å². The molecule has 0 saturated carbocycles. The maximum absolute atomic E-state index is 12.3. The fourth-order valence-corrected chi connectivity index (χ4v) is 2.54. The average molecular weight is 334 g/mol. The Morgan fingerprint density at radius 1 is 1.43 bits per heavy atom. The van der Waals surface area contributed by atoms with Gasteiger partial charge in [0.05, 0.1) is 28.4 Å². The number of nitrogen functional groups attached to an aromatic ring is 1. The van der Waals surface area contributed by atoms with Gasteiger partial charge in [-0.3, -0.25) is 9.69 Å². The van der Waals surface area contributed by atoms with Crippen LogP contribution in [-0.4, -0.2) is 43.7 Å². The predicted molar refractivity (Wildman–Crippen MR) is 88.1 cm³/mol. The molecule has 0 spiro atoms. The van der Waals surface area contributed by atoms with Crippen molar-refractivity contribution in [2.45, 2.75) is 19.9 Å². The zero-order chi connectivity index (χ0) is 16.0. The summed E-state index contributed by atoms with van der Waals surface area (Å²) in [5.41, 5.74) is 6.47. The van der Waals surface area contributed by atoms with Crippen LogP contribution in [0.3, 0.4) is 0 Å². The van der Waals surface area contributed by atoms with Gasteiger partial charge in [-0.15, -0.1) is 0 Å². The molecule has 0 aromatic heterocycles. The molecule has 1 unspecified atom stereocenters. The standard InChI is InChI=1S/C14H21Cl2N3O2/c1-4-19(5-6-21-3)9(2)14(20)18-13-11(15)7-10(17)8-12(13)16/h7-9H,4-6,17H2,1-3H3,(H,18,20). The number of carbonyl (C=O) groups excluding carboxylic acids is 1. The number of hydrogen-bond donors (Lipinski definition) is 2. The van der Waals surface area contributed by atoms with Crippen molar-refractivity contribution in [2.24, 2.45) is 0 Å². The van der Waals surface area contributed by atoms with Crippen LogP contribution in [0.5, 0.6) is 0 Å². The summed E-state index contributed by atoms with van der Waals surface area (Å²) in [5, 5.41) is 3.40. The highest BCUT2D eigenvalue weighted by molar-refractivity contribution is 6.40. The van der Waals surface area contributed by atoms with Gasteiger partial charge in [-0.1, -0.05) is 30.1 Å². The molecular weight excluding hydrogens is 313 g/mol. The first kappa shape index (κ1) is 18.0. The van der Waals surface area contributed by atoms with Crippen LogP contribution in [0.1, 0.15) is 13.8 Å². The lowest BCUT2D eigenvalue weighted by atomic mass is 10.2. The molecule has 1 aromatic carbocycles. The van der Waals surface area contributed by atoms with E-state index in [9.17, 15) is 4.79 Å². The van der Waals surface area contributed by atoms with Crippen molar-refractivity contribution in [2.75, 3.05) is 37.9 Å². The summed E-state index contributed by atoms with van der Waals surface area (Å²) in [6.07, 6.45) is 0. The molecule has 1 amide bonds. The Labute approximate surface area is 135 Å². The van der Waals surface area contributed by atoms with Gasteiger partial charge in [-0.2, -0.15) is 0 Å². The van der Waals surface area contributed by atoms with Gasteiger partial charge >= 0.3 is 0 Å². The molecule has 1 rings (SSSR count). The second-order valence-electron chi connectivity index (χ2n) is 4.65. The third kappa shape index (κ3) is 5.04. The first-order valence-corrected chi connectivity index (χ1v) is 7.44. The van der Waals surface area contributed by atoms with Crippen LogP contribution < -0.4 is 11.1 Å². The molecule has 0 fully saturated rings. The average Bonchev–Trinajstić information content (AvgIpc) is 2.43. The van der Waals surface area contributed by atoms with E-state index >= 15 is 0 Å². The first-order valence-electron chi connectivity index (χ1n) is 6.69. The van der Waals surface area contributed by atoms with Gasteiger partial charge in [0, 0.05) is 19.3 Å². The van der Waals surface area contributed by atoms with Gasteiger partial charge in [-0.25, -0.2) is 0 Å². The lowest BCUT2D eigenvalue weighted by Gasteiger charge is -2.26. The maximum Gasteiger partial charge on any atom is 0.241 e. The molecule has 7 heteroatoms. The number of hydrogen-bond acceptors (Lipinski definition) is 4. The maximum atomic E-state index is 12.3.